The van der Waals surface area contributed by atoms with E-state index in [4.69, 9.17) is 23.7 Å². The maximum Gasteiger partial charge on any atom is 0.147 e. The van der Waals surface area contributed by atoms with Crippen LogP contribution in [0.4, 0.5) is 0 Å². The molecule has 14 heavy (non-hydrogen) atoms. The van der Waals surface area contributed by atoms with E-state index in [9.17, 15) is 4.79 Å². The highest BCUT2D eigenvalue weighted by molar-refractivity contribution is 7.08. The maximum absolute atomic E-state index is 9.88. The van der Waals surface area contributed by atoms with Gasteiger partial charge in [0, 0.05) is 14.3 Å². The van der Waals surface area contributed by atoms with Gasteiger partial charge in [0.05, 0.1) is 16.9 Å². The zero-order valence-corrected chi connectivity index (χ0v) is 9.24. The van der Waals surface area contributed by atoms with Crippen molar-refractivity contribution >= 4 is 20.6 Å². The highest BCUT2D eigenvalue weighted by Gasteiger charge is 2.31. The van der Waals surface area contributed by atoms with E-state index in [0.717, 1.165) is 7.17 Å². The molecule has 0 fully saturated rings. The Bertz CT molecular complexity index is 154. The first-order valence-electron chi connectivity index (χ1n) is 4.29. The minimum Gasteiger partial charge on any atom is -0.387 e. The Morgan fingerprint density at radius 2 is 1.57 bits per heavy atom. The van der Waals surface area contributed by atoms with E-state index < -0.39 is 11.2 Å². The molecule has 4 nitrogen and oxygen atoms in total. The molecule has 79 valence electrons. The Kier molecular flexibility index (Phi) is 7.16. The summed E-state index contributed by atoms with van der Waals surface area (Å²) in [6, 6.07) is 0. The molecular weight excluding hydrogens is 180 g/mol. The lowest BCUT2D eigenvalue weighted by Crippen LogP contribution is -2.44. The average Bonchev–Trinajstić information content (AvgIpc) is 2.00. The molecule has 0 aliphatic heterocycles. The fourth-order valence-electron chi connectivity index (χ4n) is 0.0680. The highest BCUT2D eigenvalue weighted by atomic mass is 16.3. The monoisotopic (exact) mass is 198 g/mol. The highest BCUT2D eigenvalue weighted by Crippen LogP contribution is 2.19. The molecule has 0 atom stereocenters. The van der Waals surface area contributed by atoms with Crippen molar-refractivity contribution in [2.45, 2.75) is 38.9 Å². The summed E-state index contributed by atoms with van der Waals surface area (Å²) in [7, 11) is 5.69. The Labute approximate surface area is 87.5 Å². The summed E-state index contributed by atoms with van der Waals surface area (Å²) in [6.45, 7) is 6.32. The minimum atomic E-state index is -1.01. The maximum atomic E-state index is 9.88. The second kappa shape index (κ2) is 6.22. The molecule has 0 aromatic carbocycles. The fraction of sp³-hybridized carbons (Fsp3) is 0.875. The van der Waals surface area contributed by atoms with E-state index in [0.29, 0.717) is 0 Å². The van der Waals surface area contributed by atoms with Crippen molar-refractivity contribution in [3.8, 4) is 0 Å². The molecule has 0 unspecified atom stereocenters. The fourth-order valence-corrected chi connectivity index (χ4v) is 0.0680. The molecule has 0 saturated carbocycles. The molecule has 6 heteroatoms. The Morgan fingerprint density at radius 3 is 1.57 bits per heavy atom. The number of carbonyl (C=O) groups excluding carboxylic acids is 1. The summed E-state index contributed by atoms with van der Waals surface area (Å²) in [6.07, 6.45) is 0. The van der Waals surface area contributed by atoms with Gasteiger partial charge in [-0.05, 0) is 27.7 Å². The SMILES string of the molecule is CC(C)(O)C(C)(C)O.[B][B]C(=O)CN. The van der Waals surface area contributed by atoms with Crippen molar-refractivity contribution in [3.63, 3.8) is 0 Å². The van der Waals surface area contributed by atoms with Gasteiger partial charge in [0.25, 0.3) is 0 Å². The third-order valence-corrected chi connectivity index (χ3v) is 1.88. The predicted molar refractivity (Wildman–Crippen MR) is 58.2 cm³/mol. The Balaban J connectivity index is 0. The van der Waals surface area contributed by atoms with Gasteiger partial charge in [-0.25, -0.2) is 0 Å². The molecule has 0 spiro atoms. The van der Waals surface area contributed by atoms with Gasteiger partial charge in [-0.2, -0.15) is 0 Å². The van der Waals surface area contributed by atoms with Crippen LogP contribution in [0.2, 0.25) is 0 Å². The molecule has 0 amide bonds. The van der Waals surface area contributed by atoms with E-state index in [1.54, 1.807) is 27.7 Å². The first-order chi connectivity index (χ1) is 6.06. The number of carbonyl (C=O) groups is 1. The van der Waals surface area contributed by atoms with Crippen LogP contribution in [0.5, 0.6) is 0 Å². The number of hydrogen-bond acceptors (Lipinski definition) is 4. The van der Waals surface area contributed by atoms with Gasteiger partial charge in [-0.3, -0.25) is 0 Å². The van der Waals surface area contributed by atoms with Crippen LogP contribution in [0, 0.1) is 0 Å². The predicted octanol–water partition coefficient (Wildman–Crippen LogP) is -1.21. The summed E-state index contributed by atoms with van der Waals surface area (Å²) in [5, 5.41) is 18.2. The third kappa shape index (κ3) is 8.29. The lowest BCUT2D eigenvalue weighted by Gasteiger charge is -2.31. The molecule has 0 aliphatic rings. The lowest BCUT2D eigenvalue weighted by molar-refractivity contribution is -0.110. The Morgan fingerprint density at radius 1 is 1.29 bits per heavy atom. The van der Waals surface area contributed by atoms with Crippen molar-refractivity contribution in [3.05, 3.63) is 0 Å². The summed E-state index contributed by atoms with van der Waals surface area (Å²) < 4.78 is 0. The average molecular weight is 198 g/mol. The summed E-state index contributed by atoms with van der Waals surface area (Å²) in [4.78, 5) is 9.88. The topological polar surface area (TPSA) is 83.5 Å². The van der Waals surface area contributed by atoms with E-state index in [-0.39, 0.29) is 12.2 Å². The van der Waals surface area contributed by atoms with Crippen LogP contribution in [0.15, 0.2) is 0 Å². The second-order valence-electron chi connectivity index (χ2n) is 3.96. The number of aliphatic hydroxyl groups is 2. The molecule has 0 saturated heterocycles. The number of hydrogen-bond donors (Lipinski definition) is 3. The van der Waals surface area contributed by atoms with Crippen LogP contribution in [-0.4, -0.2) is 48.5 Å². The Hall–Kier alpha value is -0.320. The quantitative estimate of drug-likeness (QED) is 0.496. The molecule has 0 rings (SSSR count). The first kappa shape index (κ1) is 16.1. The van der Waals surface area contributed by atoms with Crippen LogP contribution in [-0.2, 0) is 4.79 Å². The van der Waals surface area contributed by atoms with Gasteiger partial charge < -0.3 is 20.7 Å². The zero-order valence-electron chi connectivity index (χ0n) is 9.24. The van der Waals surface area contributed by atoms with Gasteiger partial charge >= 0.3 is 0 Å². The van der Waals surface area contributed by atoms with Crippen molar-refractivity contribution in [2.75, 3.05) is 6.54 Å². The van der Waals surface area contributed by atoms with Gasteiger partial charge in [0.2, 0.25) is 0 Å². The van der Waals surface area contributed by atoms with Gasteiger partial charge in [0.1, 0.15) is 7.17 Å². The third-order valence-electron chi connectivity index (χ3n) is 1.88. The normalized spacial score (nSPS) is 11.4. The van der Waals surface area contributed by atoms with E-state index in [2.05, 4.69) is 0 Å². The van der Waals surface area contributed by atoms with Crippen LogP contribution in [0.3, 0.4) is 0 Å². The van der Waals surface area contributed by atoms with Crippen LogP contribution in [0.25, 0.3) is 0 Å². The molecule has 0 aromatic heterocycles. The summed E-state index contributed by atoms with van der Waals surface area (Å²) in [5.41, 5.74) is 2.58. The first-order valence-corrected chi connectivity index (χ1v) is 4.29. The van der Waals surface area contributed by atoms with Crippen LogP contribution < -0.4 is 5.73 Å². The molecule has 0 bridgehead atoms. The van der Waals surface area contributed by atoms with Gasteiger partial charge in [-0.1, -0.05) is 0 Å². The molecular formula is C8H18B2NO3. The number of rotatable bonds is 3. The van der Waals surface area contributed by atoms with Gasteiger partial charge in [0.15, 0.2) is 0 Å². The molecule has 3 radical (unpaired) electrons. The lowest BCUT2D eigenvalue weighted by atomic mass is 9.53. The minimum absolute atomic E-state index is 0.0104. The smallest absolute Gasteiger partial charge is 0.147 e. The molecule has 4 N–H and O–H groups in total. The molecule has 0 aliphatic carbocycles. The summed E-state index contributed by atoms with van der Waals surface area (Å²) >= 11 is 0. The second-order valence-corrected chi connectivity index (χ2v) is 3.96. The van der Waals surface area contributed by atoms with Crippen LogP contribution >= 0.6 is 0 Å². The molecule has 0 heterocycles. The molecule has 0 aromatic rings. The largest absolute Gasteiger partial charge is 0.387 e. The standard InChI is InChI=1S/C6H14O2.C2H4B2NO/c1-5(2,7)6(3,4)8;3-4-2(6)1-5/h7-8H,1-4H3;1,5H2. The van der Waals surface area contributed by atoms with E-state index in [1.165, 1.54) is 0 Å². The van der Waals surface area contributed by atoms with E-state index in [1.807, 2.05) is 0 Å². The van der Waals surface area contributed by atoms with Crippen molar-refractivity contribution < 1.29 is 15.0 Å². The zero-order chi connectivity index (χ0) is 12.0. The summed E-state index contributed by atoms with van der Waals surface area (Å²) in [5.74, 6) is 0. The number of nitrogens with two attached hydrogens (primary N) is 1. The van der Waals surface area contributed by atoms with Crippen molar-refractivity contribution in [1.29, 1.82) is 0 Å². The van der Waals surface area contributed by atoms with E-state index >= 15 is 0 Å². The van der Waals surface area contributed by atoms with Crippen molar-refractivity contribution in [1.82, 2.24) is 0 Å². The van der Waals surface area contributed by atoms with Crippen LogP contribution in [0.1, 0.15) is 27.7 Å². The van der Waals surface area contributed by atoms with Crippen molar-refractivity contribution in [2.24, 2.45) is 5.73 Å². The van der Waals surface area contributed by atoms with Gasteiger partial charge in [-0.15, -0.1) is 0 Å².